The van der Waals surface area contributed by atoms with Crippen LogP contribution in [0.2, 0.25) is 5.02 Å². The fourth-order valence-electron chi connectivity index (χ4n) is 1.75. The zero-order valence-corrected chi connectivity index (χ0v) is 11.8. The van der Waals surface area contributed by atoms with E-state index >= 15 is 0 Å². The van der Waals surface area contributed by atoms with Crippen LogP contribution in [0.1, 0.15) is 5.56 Å². The van der Waals surface area contributed by atoms with E-state index in [1.54, 1.807) is 12.1 Å². The van der Waals surface area contributed by atoms with E-state index in [2.05, 4.69) is 10.3 Å². The SMILES string of the molecule is O=C(O)N=C1NC(=O)/C(=C/c2cc3c(cc2Cl)OCO3)S1. The minimum atomic E-state index is -1.37. The summed E-state index contributed by atoms with van der Waals surface area (Å²) < 4.78 is 10.4. The Morgan fingerprint density at radius 3 is 2.86 bits per heavy atom. The van der Waals surface area contributed by atoms with Gasteiger partial charge in [-0.25, -0.2) is 4.79 Å². The lowest BCUT2D eigenvalue weighted by Crippen LogP contribution is -2.20. The summed E-state index contributed by atoms with van der Waals surface area (Å²) in [6.07, 6.45) is 0.162. The van der Waals surface area contributed by atoms with Crippen LogP contribution < -0.4 is 14.8 Å². The Morgan fingerprint density at radius 1 is 1.43 bits per heavy atom. The van der Waals surface area contributed by atoms with Crippen molar-refractivity contribution in [1.82, 2.24) is 5.32 Å². The van der Waals surface area contributed by atoms with Crippen molar-refractivity contribution in [1.29, 1.82) is 0 Å². The molecule has 1 saturated heterocycles. The Hall–Kier alpha value is -2.19. The molecule has 3 rings (SSSR count). The molecule has 0 radical (unpaired) electrons. The van der Waals surface area contributed by atoms with Gasteiger partial charge in [0.15, 0.2) is 16.7 Å². The number of amidine groups is 1. The van der Waals surface area contributed by atoms with Gasteiger partial charge in [0.2, 0.25) is 6.79 Å². The van der Waals surface area contributed by atoms with Gasteiger partial charge in [-0.15, -0.1) is 0 Å². The molecule has 0 spiro atoms. The Morgan fingerprint density at radius 2 is 2.14 bits per heavy atom. The fraction of sp³-hybridized carbons (Fsp3) is 0.0833. The van der Waals surface area contributed by atoms with E-state index in [0.29, 0.717) is 22.1 Å². The molecule has 0 atom stereocenters. The number of nitrogens with zero attached hydrogens (tertiary/aromatic N) is 1. The minimum Gasteiger partial charge on any atom is -0.463 e. The number of nitrogens with one attached hydrogen (secondary N) is 1. The van der Waals surface area contributed by atoms with E-state index in [4.69, 9.17) is 26.2 Å². The maximum Gasteiger partial charge on any atom is 0.433 e. The van der Waals surface area contributed by atoms with Crippen molar-refractivity contribution in [2.45, 2.75) is 0 Å². The Labute approximate surface area is 127 Å². The molecule has 0 saturated carbocycles. The number of carboxylic acid groups (broad SMARTS) is 1. The largest absolute Gasteiger partial charge is 0.463 e. The normalized spacial score (nSPS) is 20.1. The highest BCUT2D eigenvalue weighted by molar-refractivity contribution is 8.18. The third-order valence-corrected chi connectivity index (χ3v) is 3.86. The van der Waals surface area contributed by atoms with Crippen molar-refractivity contribution in [3.8, 4) is 11.5 Å². The van der Waals surface area contributed by atoms with Gasteiger partial charge >= 0.3 is 6.09 Å². The third kappa shape index (κ3) is 2.81. The summed E-state index contributed by atoms with van der Waals surface area (Å²) in [7, 11) is 0. The van der Waals surface area contributed by atoms with Crippen LogP contribution in [0.4, 0.5) is 4.79 Å². The number of benzene rings is 1. The first kappa shape index (κ1) is 13.8. The van der Waals surface area contributed by atoms with Gasteiger partial charge < -0.3 is 19.9 Å². The van der Waals surface area contributed by atoms with Crippen LogP contribution in [0.3, 0.4) is 0 Å². The van der Waals surface area contributed by atoms with Crippen LogP contribution >= 0.6 is 23.4 Å². The molecule has 0 aliphatic carbocycles. The quantitative estimate of drug-likeness (QED) is 0.769. The van der Waals surface area contributed by atoms with Crippen LogP contribution in [0, 0.1) is 0 Å². The predicted octanol–water partition coefficient (Wildman–Crippen LogP) is 2.31. The number of amides is 2. The second-order valence-electron chi connectivity index (χ2n) is 3.99. The van der Waals surface area contributed by atoms with Gasteiger partial charge in [-0.2, -0.15) is 4.99 Å². The number of thioether (sulfide) groups is 1. The van der Waals surface area contributed by atoms with Gasteiger partial charge in [0.25, 0.3) is 5.91 Å². The maximum atomic E-state index is 11.7. The van der Waals surface area contributed by atoms with E-state index in [0.717, 1.165) is 11.8 Å². The molecule has 0 aromatic heterocycles. The first-order valence-electron chi connectivity index (χ1n) is 5.64. The van der Waals surface area contributed by atoms with E-state index < -0.39 is 12.0 Å². The summed E-state index contributed by atoms with van der Waals surface area (Å²) >= 11 is 7.03. The standard InChI is InChI=1S/C12H7ClN2O5S/c13-6-3-8-7(19-4-20-8)1-5(6)2-9-10(16)14-11(21-9)15-12(17)18/h1-3H,4H2,(H,17,18)(H,14,15,16)/b9-2-. The molecule has 0 bridgehead atoms. The van der Waals surface area contributed by atoms with Crippen LogP contribution in [0.5, 0.6) is 11.5 Å². The van der Waals surface area contributed by atoms with Crippen molar-refractivity contribution in [3.05, 3.63) is 27.6 Å². The number of hydrogen-bond donors (Lipinski definition) is 2. The topological polar surface area (TPSA) is 97.2 Å². The summed E-state index contributed by atoms with van der Waals surface area (Å²) in [6, 6.07) is 3.25. The van der Waals surface area contributed by atoms with Crippen molar-refractivity contribution >= 4 is 46.6 Å². The number of hydrogen-bond acceptors (Lipinski definition) is 5. The molecule has 2 N–H and O–H groups in total. The van der Waals surface area contributed by atoms with Gasteiger partial charge in [0.05, 0.1) is 9.93 Å². The zero-order chi connectivity index (χ0) is 15.0. The molecule has 1 aromatic carbocycles. The minimum absolute atomic E-state index is 0.00983. The van der Waals surface area contributed by atoms with E-state index in [-0.39, 0.29) is 16.9 Å². The molecule has 1 fully saturated rings. The van der Waals surface area contributed by atoms with Gasteiger partial charge in [0, 0.05) is 6.07 Å². The zero-order valence-electron chi connectivity index (χ0n) is 10.3. The second-order valence-corrected chi connectivity index (χ2v) is 5.43. The highest BCUT2D eigenvalue weighted by Crippen LogP contribution is 2.38. The molecule has 2 aliphatic heterocycles. The number of carbonyl (C=O) groups excluding carboxylic acids is 1. The number of rotatable bonds is 1. The third-order valence-electron chi connectivity index (χ3n) is 2.63. The van der Waals surface area contributed by atoms with E-state index in [1.807, 2.05) is 0 Å². The van der Waals surface area contributed by atoms with Crippen molar-refractivity contribution in [2.75, 3.05) is 6.79 Å². The maximum absolute atomic E-state index is 11.7. The highest BCUT2D eigenvalue weighted by Gasteiger charge is 2.25. The summed E-state index contributed by atoms with van der Waals surface area (Å²) in [5.74, 6) is 0.640. The van der Waals surface area contributed by atoms with E-state index in [9.17, 15) is 9.59 Å². The summed E-state index contributed by atoms with van der Waals surface area (Å²) in [4.78, 5) is 25.8. The van der Waals surface area contributed by atoms with E-state index in [1.165, 1.54) is 6.08 Å². The lowest BCUT2D eigenvalue weighted by atomic mass is 10.2. The van der Waals surface area contributed by atoms with Gasteiger partial charge in [-0.05, 0) is 29.5 Å². The number of halogens is 1. The van der Waals surface area contributed by atoms with Crippen LogP contribution in [0.25, 0.3) is 6.08 Å². The molecule has 0 unspecified atom stereocenters. The molecule has 1 aromatic rings. The van der Waals surface area contributed by atoms with Crippen molar-refractivity contribution in [2.24, 2.45) is 4.99 Å². The fourth-order valence-corrected chi connectivity index (χ4v) is 2.77. The van der Waals surface area contributed by atoms with Crippen LogP contribution in [-0.4, -0.2) is 29.1 Å². The second kappa shape index (κ2) is 5.30. The molecular weight excluding hydrogens is 320 g/mol. The average molecular weight is 327 g/mol. The monoisotopic (exact) mass is 326 g/mol. The Kier molecular flexibility index (Phi) is 3.48. The van der Waals surface area contributed by atoms with Crippen LogP contribution in [0.15, 0.2) is 22.0 Å². The summed E-state index contributed by atoms with van der Waals surface area (Å²) in [6.45, 7) is 0.121. The first-order chi connectivity index (χ1) is 10.0. The molecule has 2 aliphatic rings. The smallest absolute Gasteiger partial charge is 0.433 e. The van der Waals surface area contributed by atoms with Gasteiger partial charge in [0.1, 0.15) is 0 Å². The van der Waals surface area contributed by atoms with Gasteiger partial charge in [-0.1, -0.05) is 11.6 Å². The number of carbonyl (C=O) groups is 2. The first-order valence-corrected chi connectivity index (χ1v) is 6.84. The molecule has 108 valence electrons. The average Bonchev–Trinajstić information content (AvgIpc) is 2.96. The molecule has 21 heavy (non-hydrogen) atoms. The molecular formula is C12H7ClN2O5S. The molecule has 2 heterocycles. The number of aliphatic imine (C=N–C) groups is 1. The summed E-state index contributed by atoms with van der Waals surface area (Å²) in [5.41, 5.74) is 0.565. The Bertz CT molecular complexity index is 716. The van der Waals surface area contributed by atoms with Crippen molar-refractivity contribution in [3.63, 3.8) is 0 Å². The lowest BCUT2D eigenvalue weighted by Gasteiger charge is -2.02. The Balaban J connectivity index is 1.92. The van der Waals surface area contributed by atoms with Crippen LogP contribution in [-0.2, 0) is 4.79 Å². The highest BCUT2D eigenvalue weighted by atomic mass is 35.5. The number of fused-ring (bicyclic) bond motifs is 1. The number of ether oxygens (including phenoxy) is 2. The lowest BCUT2D eigenvalue weighted by molar-refractivity contribution is -0.115. The summed E-state index contributed by atoms with van der Waals surface area (Å²) in [5, 5.41) is 11.3. The van der Waals surface area contributed by atoms with Gasteiger partial charge in [-0.3, -0.25) is 4.79 Å². The molecule has 2 amide bonds. The predicted molar refractivity (Wildman–Crippen MR) is 76.7 cm³/mol. The molecule has 7 nitrogen and oxygen atoms in total. The molecule has 9 heteroatoms. The van der Waals surface area contributed by atoms with Crippen molar-refractivity contribution < 1.29 is 24.2 Å².